The number of hydrogen-bond acceptors (Lipinski definition) is 2. The van der Waals surface area contributed by atoms with Crippen molar-refractivity contribution >= 4 is 27.5 Å². The fraction of sp³-hybridized carbons (Fsp3) is 0.400. The Balaban J connectivity index is 2.91. The van der Waals surface area contributed by atoms with E-state index in [2.05, 4.69) is 15.9 Å². The lowest BCUT2D eigenvalue weighted by atomic mass is 9.95. The van der Waals surface area contributed by atoms with Gasteiger partial charge in [0.25, 0.3) is 0 Å². The topological polar surface area (TPSA) is 46.2 Å². The van der Waals surface area contributed by atoms with E-state index in [1.54, 1.807) is 6.92 Å². The van der Waals surface area contributed by atoms with Gasteiger partial charge in [0.15, 0.2) is 0 Å². The molecule has 0 heterocycles. The summed E-state index contributed by atoms with van der Waals surface area (Å²) in [4.78, 5) is 0. The van der Waals surface area contributed by atoms with Crippen molar-refractivity contribution in [2.75, 3.05) is 6.61 Å². The smallest absolute Gasteiger partial charge is 0.0611 e. The largest absolute Gasteiger partial charge is 0.394 e. The minimum Gasteiger partial charge on any atom is -0.394 e. The summed E-state index contributed by atoms with van der Waals surface area (Å²) in [7, 11) is 0. The second kappa shape index (κ2) is 4.62. The second-order valence-electron chi connectivity index (χ2n) is 3.72. The van der Waals surface area contributed by atoms with Gasteiger partial charge in [-0.05, 0) is 37.1 Å². The number of aliphatic hydroxyl groups excluding tert-OH is 1. The molecule has 1 rings (SSSR count). The zero-order chi connectivity index (χ0) is 10.8. The van der Waals surface area contributed by atoms with E-state index in [0.717, 1.165) is 10.0 Å². The molecule has 1 atom stereocenters. The Hall–Kier alpha value is -0.0900. The average molecular weight is 279 g/mol. The highest BCUT2D eigenvalue weighted by atomic mass is 79.9. The van der Waals surface area contributed by atoms with Crippen LogP contribution in [0.1, 0.15) is 12.5 Å². The molecule has 0 aromatic heterocycles. The zero-order valence-corrected chi connectivity index (χ0v) is 10.3. The maximum atomic E-state index is 9.04. The molecule has 3 N–H and O–H groups in total. The SMILES string of the molecule is CC(N)(CO)Cc1cc(Cl)ccc1Br. The number of aliphatic hydroxyl groups is 1. The molecule has 14 heavy (non-hydrogen) atoms. The number of halogens is 2. The highest BCUT2D eigenvalue weighted by Gasteiger charge is 2.19. The maximum absolute atomic E-state index is 9.04. The number of hydrogen-bond donors (Lipinski definition) is 2. The molecule has 0 aliphatic heterocycles. The Kier molecular flexibility index (Phi) is 3.95. The fourth-order valence-electron chi connectivity index (χ4n) is 1.17. The van der Waals surface area contributed by atoms with E-state index in [0.29, 0.717) is 11.4 Å². The van der Waals surface area contributed by atoms with Crippen molar-refractivity contribution in [3.63, 3.8) is 0 Å². The third kappa shape index (κ3) is 3.24. The van der Waals surface area contributed by atoms with E-state index in [-0.39, 0.29) is 6.61 Å². The molecule has 0 amide bonds. The van der Waals surface area contributed by atoms with Gasteiger partial charge in [0.05, 0.1) is 6.61 Å². The van der Waals surface area contributed by atoms with Crippen molar-refractivity contribution in [1.29, 1.82) is 0 Å². The van der Waals surface area contributed by atoms with Crippen LogP contribution in [-0.2, 0) is 6.42 Å². The molecular formula is C10H13BrClNO. The van der Waals surface area contributed by atoms with Gasteiger partial charge in [0.2, 0.25) is 0 Å². The van der Waals surface area contributed by atoms with Crippen molar-refractivity contribution in [1.82, 2.24) is 0 Å². The monoisotopic (exact) mass is 277 g/mol. The van der Waals surface area contributed by atoms with Gasteiger partial charge < -0.3 is 10.8 Å². The summed E-state index contributed by atoms with van der Waals surface area (Å²) in [5, 5.41) is 9.72. The number of nitrogens with two attached hydrogens (primary N) is 1. The Morgan fingerprint density at radius 3 is 2.79 bits per heavy atom. The number of rotatable bonds is 3. The Morgan fingerprint density at radius 1 is 1.57 bits per heavy atom. The predicted molar refractivity (Wildman–Crippen MR) is 62.5 cm³/mol. The molecule has 4 heteroatoms. The highest BCUT2D eigenvalue weighted by Crippen LogP contribution is 2.24. The van der Waals surface area contributed by atoms with Crippen LogP contribution in [-0.4, -0.2) is 17.3 Å². The van der Waals surface area contributed by atoms with Crippen LogP contribution in [0, 0.1) is 0 Å². The zero-order valence-electron chi connectivity index (χ0n) is 7.93. The fourth-order valence-corrected chi connectivity index (χ4v) is 1.75. The van der Waals surface area contributed by atoms with E-state index in [4.69, 9.17) is 22.4 Å². The first-order chi connectivity index (χ1) is 6.44. The van der Waals surface area contributed by atoms with E-state index >= 15 is 0 Å². The lowest BCUT2D eigenvalue weighted by Crippen LogP contribution is -2.42. The van der Waals surface area contributed by atoms with E-state index in [1.165, 1.54) is 0 Å². The first-order valence-electron chi connectivity index (χ1n) is 4.28. The van der Waals surface area contributed by atoms with Crippen LogP contribution in [0.25, 0.3) is 0 Å². The van der Waals surface area contributed by atoms with E-state index in [1.807, 2.05) is 18.2 Å². The standard InChI is InChI=1S/C10H13BrClNO/c1-10(13,6-14)5-7-4-8(12)2-3-9(7)11/h2-4,14H,5-6,13H2,1H3. The van der Waals surface area contributed by atoms with Crippen LogP contribution in [0.4, 0.5) is 0 Å². The van der Waals surface area contributed by atoms with Crippen molar-refractivity contribution in [3.05, 3.63) is 33.3 Å². The van der Waals surface area contributed by atoms with Crippen LogP contribution < -0.4 is 5.73 Å². The van der Waals surface area contributed by atoms with Crippen LogP contribution in [0.3, 0.4) is 0 Å². The van der Waals surface area contributed by atoms with E-state index in [9.17, 15) is 0 Å². The van der Waals surface area contributed by atoms with Crippen LogP contribution >= 0.6 is 27.5 Å². The van der Waals surface area contributed by atoms with E-state index < -0.39 is 5.54 Å². The van der Waals surface area contributed by atoms with Gasteiger partial charge >= 0.3 is 0 Å². The Labute approximate surface area is 97.2 Å². The highest BCUT2D eigenvalue weighted by molar-refractivity contribution is 9.10. The van der Waals surface area contributed by atoms with Crippen molar-refractivity contribution in [2.45, 2.75) is 18.9 Å². The van der Waals surface area contributed by atoms with Gasteiger partial charge in [-0.15, -0.1) is 0 Å². The summed E-state index contributed by atoms with van der Waals surface area (Å²) in [6.45, 7) is 1.76. The third-order valence-electron chi connectivity index (χ3n) is 1.96. The maximum Gasteiger partial charge on any atom is 0.0611 e. The van der Waals surface area contributed by atoms with Gasteiger partial charge in [-0.2, -0.15) is 0 Å². The molecule has 0 saturated carbocycles. The molecule has 1 aromatic carbocycles. The Bertz CT molecular complexity index is 328. The molecule has 0 fully saturated rings. The minimum atomic E-state index is -0.604. The molecular weight excluding hydrogens is 265 g/mol. The van der Waals surface area contributed by atoms with Crippen LogP contribution in [0.15, 0.2) is 22.7 Å². The third-order valence-corrected chi connectivity index (χ3v) is 2.97. The summed E-state index contributed by atoms with van der Waals surface area (Å²) in [6.07, 6.45) is 0.588. The molecule has 0 radical (unpaired) electrons. The lowest BCUT2D eigenvalue weighted by Gasteiger charge is -2.22. The second-order valence-corrected chi connectivity index (χ2v) is 5.02. The molecule has 0 saturated heterocycles. The average Bonchev–Trinajstić information content (AvgIpc) is 2.11. The van der Waals surface area contributed by atoms with Gasteiger partial charge in [-0.1, -0.05) is 27.5 Å². The van der Waals surface area contributed by atoms with Crippen molar-refractivity contribution < 1.29 is 5.11 Å². The summed E-state index contributed by atoms with van der Waals surface area (Å²) in [5.74, 6) is 0. The predicted octanol–water partition coefficient (Wildman–Crippen LogP) is 2.35. The molecule has 0 bridgehead atoms. The molecule has 0 aliphatic rings. The van der Waals surface area contributed by atoms with Crippen molar-refractivity contribution in [2.24, 2.45) is 5.73 Å². The molecule has 1 aromatic rings. The lowest BCUT2D eigenvalue weighted by molar-refractivity contribution is 0.208. The van der Waals surface area contributed by atoms with Crippen LogP contribution in [0.5, 0.6) is 0 Å². The molecule has 78 valence electrons. The summed E-state index contributed by atoms with van der Waals surface area (Å²) in [6, 6.07) is 5.54. The quantitative estimate of drug-likeness (QED) is 0.891. The molecule has 2 nitrogen and oxygen atoms in total. The van der Waals surface area contributed by atoms with Gasteiger partial charge in [0.1, 0.15) is 0 Å². The summed E-state index contributed by atoms with van der Waals surface area (Å²) in [5.41, 5.74) is 6.26. The molecule has 0 spiro atoms. The Morgan fingerprint density at radius 2 is 2.21 bits per heavy atom. The van der Waals surface area contributed by atoms with Crippen LogP contribution in [0.2, 0.25) is 5.02 Å². The van der Waals surface area contributed by atoms with Gasteiger partial charge in [-0.25, -0.2) is 0 Å². The van der Waals surface area contributed by atoms with Gasteiger partial charge in [0, 0.05) is 15.0 Å². The molecule has 1 unspecified atom stereocenters. The summed E-state index contributed by atoms with van der Waals surface area (Å²) >= 11 is 9.28. The first-order valence-corrected chi connectivity index (χ1v) is 5.45. The molecule has 0 aliphatic carbocycles. The normalized spacial score (nSPS) is 15.2. The summed E-state index contributed by atoms with van der Waals surface area (Å²) < 4.78 is 0.965. The van der Waals surface area contributed by atoms with Gasteiger partial charge in [-0.3, -0.25) is 0 Å². The first kappa shape index (κ1) is 12.0. The van der Waals surface area contributed by atoms with Crippen molar-refractivity contribution in [3.8, 4) is 0 Å². The minimum absolute atomic E-state index is 0.0496. The number of benzene rings is 1.